The van der Waals surface area contributed by atoms with Crippen molar-refractivity contribution in [3.63, 3.8) is 0 Å². The summed E-state index contributed by atoms with van der Waals surface area (Å²) in [5.41, 5.74) is 5.74. The molecular weight excluding hydrogens is 330 g/mol. The molecule has 1 aromatic heterocycles. The number of nitriles is 1. The number of amides is 1. The maximum atomic E-state index is 12.3. The summed E-state index contributed by atoms with van der Waals surface area (Å²) >= 11 is 1.64. The van der Waals surface area contributed by atoms with Crippen LogP contribution in [-0.4, -0.2) is 5.91 Å². The topological polar surface area (TPSA) is 64.9 Å². The molecular formula is C20H13N3OS. The quantitative estimate of drug-likeness (QED) is 0.709. The monoisotopic (exact) mass is 343 g/mol. The Morgan fingerprint density at radius 1 is 0.920 bits per heavy atom. The highest BCUT2D eigenvalue weighted by Gasteiger charge is 2.15. The lowest BCUT2D eigenvalue weighted by Gasteiger charge is -2.13. The fourth-order valence-corrected chi connectivity index (χ4v) is 3.42. The average molecular weight is 343 g/mol. The van der Waals surface area contributed by atoms with Crippen molar-refractivity contribution >= 4 is 34.3 Å². The molecule has 0 fully saturated rings. The van der Waals surface area contributed by atoms with Crippen molar-refractivity contribution < 1.29 is 4.79 Å². The first-order valence-electron chi connectivity index (χ1n) is 7.70. The van der Waals surface area contributed by atoms with Gasteiger partial charge in [-0.2, -0.15) is 16.6 Å². The van der Waals surface area contributed by atoms with E-state index in [0.29, 0.717) is 11.3 Å². The van der Waals surface area contributed by atoms with Crippen molar-refractivity contribution in [1.82, 2.24) is 0 Å². The predicted octanol–water partition coefficient (Wildman–Crippen LogP) is 4.69. The zero-order valence-corrected chi connectivity index (χ0v) is 13.9. The van der Waals surface area contributed by atoms with Crippen molar-refractivity contribution in [3.05, 3.63) is 76.5 Å². The molecule has 0 bridgehead atoms. The van der Waals surface area contributed by atoms with Crippen LogP contribution >= 0.6 is 11.3 Å². The third-order valence-corrected chi connectivity index (χ3v) is 4.66. The van der Waals surface area contributed by atoms with E-state index in [0.717, 1.165) is 28.1 Å². The third-order valence-electron chi connectivity index (χ3n) is 3.98. The number of nitrogens with one attached hydrogen (secondary N) is 2. The Bertz CT molecular complexity index is 1030. The minimum absolute atomic E-state index is 0.203. The van der Waals surface area contributed by atoms with Crippen molar-refractivity contribution in [3.8, 4) is 17.2 Å². The van der Waals surface area contributed by atoms with Crippen molar-refractivity contribution in [2.24, 2.45) is 0 Å². The number of carbonyl (C=O) groups is 1. The van der Waals surface area contributed by atoms with Gasteiger partial charge in [-0.05, 0) is 57.8 Å². The fraction of sp³-hybridized carbons (Fsp3) is 0. The number of benzene rings is 2. The van der Waals surface area contributed by atoms with Crippen LogP contribution < -0.4 is 10.6 Å². The van der Waals surface area contributed by atoms with Gasteiger partial charge in [0.05, 0.1) is 28.7 Å². The molecule has 5 heteroatoms. The van der Waals surface area contributed by atoms with Gasteiger partial charge in [-0.1, -0.05) is 18.2 Å². The Morgan fingerprint density at radius 3 is 2.64 bits per heavy atom. The van der Waals surface area contributed by atoms with Crippen LogP contribution in [0.15, 0.2) is 65.4 Å². The van der Waals surface area contributed by atoms with Gasteiger partial charge in [-0.25, -0.2) is 0 Å². The van der Waals surface area contributed by atoms with E-state index in [1.807, 2.05) is 29.6 Å². The second-order valence-electron chi connectivity index (χ2n) is 5.64. The molecule has 0 unspecified atom stereocenters. The molecule has 2 N–H and O–H groups in total. The van der Waals surface area contributed by atoms with Gasteiger partial charge in [-0.15, -0.1) is 0 Å². The van der Waals surface area contributed by atoms with E-state index in [4.69, 9.17) is 5.26 Å². The molecule has 0 spiro atoms. The molecule has 25 heavy (non-hydrogen) atoms. The van der Waals surface area contributed by atoms with E-state index in [1.54, 1.807) is 29.5 Å². The third kappa shape index (κ3) is 3.03. The van der Waals surface area contributed by atoms with Gasteiger partial charge >= 0.3 is 0 Å². The molecule has 0 radical (unpaired) electrons. The fourth-order valence-electron chi connectivity index (χ4n) is 2.76. The minimum Gasteiger partial charge on any atom is -0.353 e. The second kappa shape index (κ2) is 6.27. The lowest BCUT2D eigenvalue weighted by Crippen LogP contribution is -2.07. The molecule has 0 saturated carbocycles. The molecule has 2 aromatic carbocycles. The van der Waals surface area contributed by atoms with E-state index in [-0.39, 0.29) is 5.91 Å². The Balaban J connectivity index is 1.73. The van der Waals surface area contributed by atoms with E-state index < -0.39 is 0 Å². The Hall–Kier alpha value is -3.36. The normalized spacial score (nSPS) is 12.9. The molecule has 120 valence electrons. The highest BCUT2D eigenvalue weighted by atomic mass is 32.1. The molecule has 0 saturated heterocycles. The Morgan fingerprint density at radius 2 is 1.84 bits per heavy atom. The van der Waals surface area contributed by atoms with Crippen LogP contribution in [0.2, 0.25) is 0 Å². The molecule has 4 nitrogen and oxygen atoms in total. The summed E-state index contributed by atoms with van der Waals surface area (Å²) < 4.78 is 0. The second-order valence-corrected chi connectivity index (χ2v) is 6.42. The Kier molecular flexibility index (Phi) is 3.81. The maximum Gasteiger partial charge on any atom is 0.250 e. The highest BCUT2D eigenvalue weighted by Crippen LogP contribution is 2.33. The first kappa shape index (κ1) is 15.2. The van der Waals surface area contributed by atoms with Gasteiger partial charge < -0.3 is 10.6 Å². The van der Waals surface area contributed by atoms with Crippen molar-refractivity contribution in [2.75, 3.05) is 10.6 Å². The Labute approximate surface area is 149 Å². The van der Waals surface area contributed by atoms with Crippen LogP contribution in [0.25, 0.3) is 16.8 Å². The number of nitrogens with zero attached hydrogens (tertiary/aromatic N) is 1. The largest absolute Gasteiger partial charge is 0.353 e. The summed E-state index contributed by atoms with van der Waals surface area (Å²) in [6.45, 7) is 0. The van der Waals surface area contributed by atoms with Crippen LogP contribution in [-0.2, 0) is 4.79 Å². The number of rotatable bonds is 2. The van der Waals surface area contributed by atoms with Gasteiger partial charge in [0.2, 0.25) is 0 Å². The van der Waals surface area contributed by atoms with Crippen LogP contribution in [0.4, 0.5) is 11.4 Å². The van der Waals surface area contributed by atoms with Crippen LogP contribution in [0, 0.1) is 11.3 Å². The lowest BCUT2D eigenvalue weighted by atomic mass is 10.1. The number of hydrogen-bond acceptors (Lipinski definition) is 4. The molecule has 3 aromatic rings. The van der Waals surface area contributed by atoms with E-state index in [2.05, 4.69) is 28.1 Å². The van der Waals surface area contributed by atoms with Crippen LogP contribution in [0.3, 0.4) is 0 Å². The molecule has 4 rings (SSSR count). The smallest absolute Gasteiger partial charge is 0.250 e. The van der Waals surface area contributed by atoms with Gasteiger partial charge in [0.25, 0.3) is 5.91 Å². The summed E-state index contributed by atoms with van der Waals surface area (Å²) in [5, 5.41) is 19.4. The summed E-state index contributed by atoms with van der Waals surface area (Å²) in [5.74, 6) is -0.203. The van der Waals surface area contributed by atoms with E-state index in [9.17, 15) is 4.79 Å². The summed E-state index contributed by atoms with van der Waals surface area (Å²) in [6.07, 6.45) is 1.51. The van der Waals surface area contributed by atoms with E-state index >= 15 is 0 Å². The number of hydrogen-bond donors (Lipinski definition) is 2. The van der Waals surface area contributed by atoms with Crippen LogP contribution in [0.5, 0.6) is 0 Å². The van der Waals surface area contributed by atoms with Gasteiger partial charge in [0, 0.05) is 6.08 Å². The minimum atomic E-state index is -0.203. The van der Waals surface area contributed by atoms with Gasteiger partial charge in [-0.3, -0.25) is 4.79 Å². The summed E-state index contributed by atoms with van der Waals surface area (Å²) in [6, 6.07) is 17.3. The SMILES string of the molecule is N#Cc1cccc(C2=CC(=O)Nc3cc(-c4ccsc4)ccc3N2)c1. The van der Waals surface area contributed by atoms with Gasteiger partial charge in [0.15, 0.2) is 0 Å². The first-order chi connectivity index (χ1) is 12.2. The van der Waals surface area contributed by atoms with Crippen LogP contribution in [0.1, 0.15) is 11.1 Å². The zero-order valence-electron chi connectivity index (χ0n) is 13.1. The molecule has 1 aliphatic rings. The number of anilines is 2. The first-order valence-corrected chi connectivity index (χ1v) is 8.64. The molecule has 2 heterocycles. The standard InChI is InChI=1S/C20H13N3OS/c21-11-13-2-1-3-15(8-13)18-10-20(24)23-19-9-14(4-5-17(19)22-18)16-6-7-25-12-16/h1-10,12,22H,(H,23,24). The van der Waals surface area contributed by atoms with Gasteiger partial charge in [0.1, 0.15) is 0 Å². The molecule has 1 amide bonds. The molecule has 0 atom stereocenters. The van der Waals surface area contributed by atoms with Crippen molar-refractivity contribution in [1.29, 1.82) is 5.26 Å². The van der Waals surface area contributed by atoms with Crippen molar-refractivity contribution in [2.45, 2.75) is 0 Å². The number of carbonyl (C=O) groups excluding carboxylic acids is 1. The zero-order chi connectivity index (χ0) is 17.2. The molecule has 1 aliphatic heterocycles. The predicted molar refractivity (Wildman–Crippen MR) is 101 cm³/mol. The summed E-state index contributed by atoms with van der Waals surface area (Å²) in [7, 11) is 0. The number of thiophene rings is 1. The molecule has 0 aliphatic carbocycles. The highest BCUT2D eigenvalue weighted by molar-refractivity contribution is 7.08. The summed E-state index contributed by atoms with van der Waals surface area (Å²) in [4.78, 5) is 12.3. The number of fused-ring (bicyclic) bond motifs is 1. The lowest BCUT2D eigenvalue weighted by molar-refractivity contribution is -0.111. The average Bonchev–Trinajstić information content (AvgIpc) is 3.11. The van der Waals surface area contributed by atoms with E-state index in [1.165, 1.54) is 6.08 Å². The maximum absolute atomic E-state index is 12.3.